The zero-order chi connectivity index (χ0) is 12.1. The summed E-state index contributed by atoms with van der Waals surface area (Å²) in [5.41, 5.74) is 8.06. The first-order valence-electron chi connectivity index (χ1n) is 5.68. The quantitative estimate of drug-likeness (QED) is 0.792. The van der Waals surface area contributed by atoms with Crippen molar-refractivity contribution in [3.63, 3.8) is 0 Å². The van der Waals surface area contributed by atoms with Gasteiger partial charge in [-0.2, -0.15) is 0 Å². The second-order valence-corrected chi connectivity index (χ2v) is 4.12. The fourth-order valence-corrected chi connectivity index (χ4v) is 1.57. The maximum atomic E-state index is 12.1. The van der Waals surface area contributed by atoms with Gasteiger partial charge in [-0.05, 0) is 25.0 Å². The van der Waals surface area contributed by atoms with Gasteiger partial charge in [0.25, 0.3) is 5.91 Å². The lowest BCUT2D eigenvalue weighted by Gasteiger charge is -2.18. The molecule has 0 aromatic heterocycles. The Morgan fingerprint density at radius 1 is 1.44 bits per heavy atom. The lowest BCUT2D eigenvalue weighted by molar-refractivity contribution is 0.0794. The summed E-state index contributed by atoms with van der Waals surface area (Å²) >= 11 is 0. The lowest BCUT2D eigenvalue weighted by atomic mass is 10.1. The molecule has 0 saturated carbocycles. The molecule has 1 amide bonds. The van der Waals surface area contributed by atoms with E-state index in [4.69, 9.17) is 5.73 Å². The Balaban J connectivity index is 2.84. The third-order valence-corrected chi connectivity index (χ3v) is 2.75. The molecule has 0 aliphatic rings. The minimum absolute atomic E-state index is 0.00894. The number of rotatable bonds is 4. The van der Waals surface area contributed by atoms with Crippen molar-refractivity contribution in [2.75, 3.05) is 19.3 Å². The van der Waals surface area contributed by atoms with Crippen LogP contribution in [0.1, 0.15) is 35.7 Å². The van der Waals surface area contributed by atoms with E-state index >= 15 is 0 Å². The monoisotopic (exact) mass is 220 g/mol. The van der Waals surface area contributed by atoms with Gasteiger partial charge in [-0.15, -0.1) is 0 Å². The van der Waals surface area contributed by atoms with Crippen molar-refractivity contribution in [3.8, 4) is 0 Å². The van der Waals surface area contributed by atoms with E-state index in [1.165, 1.54) is 0 Å². The molecule has 88 valence electrons. The van der Waals surface area contributed by atoms with Gasteiger partial charge in [-0.1, -0.05) is 25.5 Å². The van der Waals surface area contributed by atoms with Crippen LogP contribution in [0.3, 0.4) is 0 Å². The number of nitrogens with zero attached hydrogens (tertiary/aromatic N) is 1. The van der Waals surface area contributed by atoms with Crippen LogP contribution in [-0.4, -0.2) is 24.4 Å². The van der Waals surface area contributed by atoms with Crippen molar-refractivity contribution in [2.24, 2.45) is 0 Å². The van der Waals surface area contributed by atoms with Crippen molar-refractivity contribution in [2.45, 2.75) is 26.7 Å². The highest BCUT2D eigenvalue weighted by Crippen LogP contribution is 2.18. The maximum Gasteiger partial charge on any atom is 0.255 e. The van der Waals surface area contributed by atoms with Crippen molar-refractivity contribution >= 4 is 11.6 Å². The standard InChI is InChI=1S/C13H20N2O/c1-4-5-9-15(3)13(16)11-8-6-7-10(2)12(11)14/h6-8H,4-5,9,14H2,1-3H3. The number of amides is 1. The van der Waals surface area contributed by atoms with Crippen molar-refractivity contribution in [1.82, 2.24) is 4.90 Å². The molecule has 0 aliphatic carbocycles. The van der Waals surface area contributed by atoms with Crippen LogP contribution < -0.4 is 5.73 Å². The van der Waals surface area contributed by atoms with E-state index in [-0.39, 0.29) is 5.91 Å². The second-order valence-electron chi connectivity index (χ2n) is 4.12. The van der Waals surface area contributed by atoms with E-state index < -0.39 is 0 Å². The number of hydrogen-bond donors (Lipinski definition) is 1. The Kier molecular flexibility index (Phi) is 4.35. The summed E-state index contributed by atoms with van der Waals surface area (Å²) in [4.78, 5) is 13.8. The van der Waals surface area contributed by atoms with Gasteiger partial charge in [0.2, 0.25) is 0 Å². The van der Waals surface area contributed by atoms with Gasteiger partial charge >= 0.3 is 0 Å². The summed E-state index contributed by atoms with van der Waals surface area (Å²) in [5.74, 6) is 0.00894. The van der Waals surface area contributed by atoms with Crippen LogP contribution >= 0.6 is 0 Å². The zero-order valence-electron chi connectivity index (χ0n) is 10.3. The third-order valence-electron chi connectivity index (χ3n) is 2.75. The SMILES string of the molecule is CCCCN(C)C(=O)c1cccc(C)c1N. The number of para-hydroxylation sites is 1. The normalized spacial score (nSPS) is 10.2. The number of benzene rings is 1. The molecule has 1 aromatic rings. The smallest absolute Gasteiger partial charge is 0.255 e. The van der Waals surface area contributed by atoms with E-state index in [0.29, 0.717) is 11.3 Å². The molecule has 1 aromatic carbocycles. The number of nitrogens with two attached hydrogens (primary N) is 1. The van der Waals surface area contributed by atoms with E-state index in [0.717, 1.165) is 24.9 Å². The lowest BCUT2D eigenvalue weighted by Crippen LogP contribution is -2.28. The molecule has 1 rings (SSSR count). The first kappa shape index (κ1) is 12.6. The van der Waals surface area contributed by atoms with Gasteiger partial charge in [0, 0.05) is 19.3 Å². The van der Waals surface area contributed by atoms with Crippen LogP contribution in [0, 0.1) is 6.92 Å². The number of nitrogen functional groups attached to an aromatic ring is 1. The molecule has 0 bridgehead atoms. The highest BCUT2D eigenvalue weighted by molar-refractivity contribution is 5.99. The van der Waals surface area contributed by atoms with Crippen LogP contribution in [0.5, 0.6) is 0 Å². The number of hydrogen-bond acceptors (Lipinski definition) is 2. The molecular formula is C13H20N2O. The molecule has 0 saturated heterocycles. The first-order valence-corrected chi connectivity index (χ1v) is 5.68. The number of aryl methyl sites for hydroxylation is 1. The summed E-state index contributed by atoms with van der Waals surface area (Å²) in [5, 5.41) is 0. The molecule has 3 nitrogen and oxygen atoms in total. The van der Waals surface area contributed by atoms with Crippen LogP contribution in [-0.2, 0) is 0 Å². The summed E-state index contributed by atoms with van der Waals surface area (Å²) in [7, 11) is 1.82. The predicted octanol–water partition coefficient (Wildman–Crippen LogP) is 2.45. The second kappa shape index (κ2) is 5.54. The molecule has 0 fully saturated rings. The Morgan fingerprint density at radius 2 is 2.12 bits per heavy atom. The fourth-order valence-electron chi connectivity index (χ4n) is 1.57. The molecule has 16 heavy (non-hydrogen) atoms. The van der Waals surface area contributed by atoms with Crippen LogP contribution in [0.2, 0.25) is 0 Å². The van der Waals surface area contributed by atoms with Crippen LogP contribution in [0.15, 0.2) is 18.2 Å². The van der Waals surface area contributed by atoms with Crippen molar-refractivity contribution in [1.29, 1.82) is 0 Å². The summed E-state index contributed by atoms with van der Waals surface area (Å²) in [6.45, 7) is 4.81. The minimum Gasteiger partial charge on any atom is -0.398 e. The van der Waals surface area contributed by atoms with Crippen LogP contribution in [0.4, 0.5) is 5.69 Å². The van der Waals surface area contributed by atoms with Gasteiger partial charge in [0.1, 0.15) is 0 Å². The first-order chi connectivity index (χ1) is 7.57. The van der Waals surface area contributed by atoms with Gasteiger partial charge in [-0.25, -0.2) is 0 Å². The summed E-state index contributed by atoms with van der Waals surface area (Å²) in [6.07, 6.45) is 2.11. The molecule has 0 spiro atoms. The zero-order valence-corrected chi connectivity index (χ0v) is 10.3. The summed E-state index contributed by atoms with van der Waals surface area (Å²) < 4.78 is 0. The summed E-state index contributed by atoms with van der Waals surface area (Å²) in [6, 6.07) is 5.57. The number of anilines is 1. The van der Waals surface area contributed by atoms with Crippen molar-refractivity contribution < 1.29 is 4.79 Å². The van der Waals surface area contributed by atoms with Gasteiger partial charge in [0.15, 0.2) is 0 Å². The van der Waals surface area contributed by atoms with Crippen molar-refractivity contribution in [3.05, 3.63) is 29.3 Å². The van der Waals surface area contributed by atoms with E-state index in [1.54, 1.807) is 11.0 Å². The van der Waals surface area contributed by atoms with Gasteiger partial charge in [-0.3, -0.25) is 4.79 Å². The molecule has 0 radical (unpaired) electrons. The Morgan fingerprint density at radius 3 is 2.75 bits per heavy atom. The number of carbonyl (C=O) groups is 1. The molecule has 0 unspecified atom stereocenters. The Labute approximate surface area is 97.2 Å². The van der Waals surface area contributed by atoms with Gasteiger partial charge in [0.05, 0.1) is 5.56 Å². The Bertz CT molecular complexity index is 374. The average molecular weight is 220 g/mol. The minimum atomic E-state index is 0.00894. The van der Waals surface area contributed by atoms with Gasteiger partial charge < -0.3 is 10.6 Å². The molecule has 2 N–H and O–H groups in total. The molecule has 0 heterocycles. The van der Waals surface area contributed by atoms with Crippen LogP contribution in [0.25, 0.3) is 0 Å². The largest absolute Gasteiger partial charge is 0.398 e. The fraction of sp³-hybridized carbons (Fsp3) is 0.462. The predicted molar refractivity (Wildman–Crippen MR) is 67.5 cm³/mol. The molecule has 0 atom stereocenters. The average Bonchev–Trinajstić information content (AvgIpc) is 2.28. The highest BCUT2D eigenvalue weighted by Gasteiger charge is 2.14. The maximum absolute atomic E-state index is 12.1. The van der Waals surface area contributed by atoms with E-state index in [9.17, 15) is 4.79 Å². The topological polar surface area (TPSA) is 46.3 Å². The number of carbonyl (C=O) groups excluding carboxylic acids is 1. The Hall–Kier alpha value is -1.51. The third kappa shape index (κ3) is 2.75. The number of unbranched alkanes of at least 4 members (excludes halogenated alkanes) is 1. The molecular weight excluding hydrogens is 200 g/mol. The van der Waals surface area contributed by atoms with E-state index in [2.05, 4.69) is 6.92 Å². The van der Waals surface area contributed by atoms with E-state index in [1.807, 2.05) is 26.1 Å². The highest BCUT2D eigenvalue weighted by atomic mass is 16.2. The molecule has 0 aliphatic heterocycles. The molecule has 3 heteroatoms.